The van der Waals surface area contributed by atoms with Gasteiger partial charge >= 0.3 is 6.03 Å². The number of rotatable bonds is 7. The Labute approximate surface area is 86.4 Å². The molecule has 0 aromatic carbocycles. The fraction of sp³-hybridized carbons (Fsp3) is 0.900. The molecule has 0 spiro atoms. The molecule has 14 heavy (non-hydrogen) atoms. The van der Waals surface area contributed by atoms with Crippen LogP contribution in [0, 0.1) is 5.92 Å². The second kappa shape index (κ2) is 8.81. The van der Waals surface area contributed by atoms with Crippen molar-refractivity contribution in [3.63, 3.8) is 0 Å². The molecule has 0 aliphatic heterocycles. The van der Waals surface area contributed by atoms with Crippen molar-refractivity contribution in [1.82, 2.24) is 10.6 Å². The molecule has 0 saturated carbocycles. The minimum absolute atomic E-state index is 0.125. The predicted octanol–water partition coefficient (Wildman–Crippen LogP) is 1.37. The number of hydrogen-bond donors (Lipinski definition) is 2. The topological polar surface area (TPSA) is 50.4 Å². The Bertz CT molecular complexity index is 149. The highest BCUT2D eigenvalue weighted by Crippen LogP contribution is 1.97. The maximum atomic E-state index is 10.9. The first-order chi connectivity index (χ1) is 6.66. The van der Waals surface area contributed by atoms with Crippen molar-refractivity contribution in [2.75, 3.05) is 26.3 Å². The molecule has 0 aliphatic carbocycles. The summed E-state index contributed by atoms with van der Waals surface area (Å²) < 4.78 is 5.33. The summed E-state index contributed by atoms with van der Waals surface area (Å²) in [6.45, 7) is 8.80. The zero-order valence-corrected chi connectivity index (χ0v) is 9.43. The van der Waals surface area contributed by atoms with Gasteiger partial charge in [-0.2, -0.15) is 0 Å². The number of carbonyl (C=O) groups excluding carboxylic acids is 1. The van der Waals surface area contributed by atoms with Gasteiger partial charge in [-0.05, 0) is 19.3 Å². The lowest BCUT2D eigenvalue weighted by Gasteiger charge is -2.07. The molecule has 84 valence electrons. The van der Waals surface area contributed by atoms with Gasteiger partial charge in [-0.25, -0.2) is 4.79 Å². The molecule has 0 aromatic rings. The largest absolute Gasteiger partial charge is 0.380 e. The van der Waals surface area contributed by atoms with E-state index in [-0.39, 0.29) is 6.03 Å². The van der Waals surface area contributed by atoms with Gasteiger partial charge in [0.1, 0.15) is 0 Å². The highest BCUT2D eigenvalue weighted by atomic mass is 16.5. The van der Waals surface area contributed by atoms with E-state index >= 15 is 0 Å². The average Bonchev–Trinajstić information content (AvgIpc) is 2.11. The molecule has 4 heteroatoms. The summed E-state index contributed by atoms with van der Waals surface area (Å²) >= 11 is 0. The van der Waals surface area contributed by atoms with Crippen LogP contribution in [0.15, 0.2) is 0 Å². The Hall–Kier alpha value is -0.770. The van der Waals surface area contributed by atoms with Gasteiger partial charge in [-0.15, -0.1) is 0 Å². The smallest absolute Gasteiger partial charge is 0.314 e. The van der Waals surface area contributed by atoms with Crippen LogP contribution in [0.1, 0.15) is 27.2 Å². The van der Waals surface area contributed by atoms with Crippen LogP contribution in [0.25, 0.3) is 0 Å². The molecule has 2 N–H and O–H groups in total. The maximum absolute atomic E-state index is 10.9. The number of hydrogen-bond acceptors (Lipinski definition) is 2. The number of urea groups is 1. The molecule has 0 radical (unpaired) electrons. The number of ether oxygens (including phenoxy) is 1. The van der Waals surface area contributed by atoms with E-state index in [9.17, 15) is 4.79 Å². The van der Waals surface area contributed by atoms with Crippen molar-refractivity contribution >= 4 is 6.03 Å². The quantitative estimate of drug-likeness (QED) is 0.613. The van der Waals surface area contributed by atoms with Gasteiger partial charge in [-0.1, -0.05) is 13.8 Å². The number of amides is 2. The molecule has 0 heterocycles. The van der Waals surface area contributed by atoms with Crippen molar-refractivity contribution in [2.24, 2.45) is 5.92 Å². The molecular weight excluding hydrogens is 180 g/mol. The zero-order valence-electron chi connectivity index (χ0n) is 9.43. The van der Waals surface area contributed by atoms with Crippen LogP contribution in [-0.4, -0.2) is 32.3 Å². The van der Waals surface area contributed by atoms with Crippen LogP contribution in [0.2, 0.25) is 0 Å². The van der Waals surface area contributed by atoms with Crippen molar-refractivity contribution < 1.29 is 9.53 Å². The highest BCUT2D eigenvalue weighted by molar-refractivity contribution is 5.73. The summed E-state index contributed by atoms with van der Waals surface area (Å²) in [6.07, 6.45) is 1.07. The van der Waals surface area contributed by atoms with Gasteiger partial charge < -0.3 is 15.4 Å². The lowest BCUT2D eigenvalue weighted by molar-refractivity contribution is 0.126. The van der Waals surface area contributed by atoms with E-state index < -0.39 is 0 Å². The first-order valence-electron chi connectivity index (χ1n) is 5.26. The predicted molar refractivity (Wildman–Crippen MR) is 57.3 cm³/mol. The lowest BCUT2D eigenvalue weighted by atomic mass is 10.1. The van der Waals surface area contributed by atoms with Crippen molar-refractivity contribution in [3.8, 4) is 0 Å². The molecule has 0 aliphatic rings. The molecule has 0 saturated heterocycles. The molecule has 4 nitrogen and oxygen atoms in total. The zero-order chi connectivity index (χ0) is 10.8. The Morgan fingerprint density at radius 2 is 2.00 bits per heavy atom. The van der Waals surface area contributed by atoms with Crippen LogP contribution in [-0.2, 0) is 4.74 Å². The molecule has 0 bridgehead atoms. The standard InChI is InChI=1S/C10H22N2O2/c1-4-11-10(13)12-6-8-14-7-5-9(2)3/h9H,4-8H2,1-3H3,(H2,11,12,13). The molecule has 0 atom stereocenters. The Morgan fingerprint density at radius 1 is 1.29 bits per heavy atom. The van der Waals surface area contributed by atoms with Gasteiger partial charge in [0.25, 0.3) is 0 Å². The molecule has 0 aromatic heterocycles. The van der Waals surface area contributed by atoms with E-state index in [1.165, 1.54) is 0 Å². The van der Waals surface area contributed by atoms with Gasteiger partial charge in [-0.3, -0.25) is 0 Å². The van der Waals surface area contributed by atoms with Gasteiger partial charge in [0.2, 0.25) is 0 Å². The second-order valence-corrected chi connectivity index (χ2v) is 3.58. The first kappa shape index (κ1) is 13.2. The summed E-state index contributed by atoms with van der Waals surface area (Å²) in [4.78, 5) is 10.9. The van der Waals surface area contributed by atoms with E-state index in [2.05, 4.69) is 24.5 Å². The maximum Gasteiger partial charge on any atom is 0.314 e. The van der Waals surface area contributed by atoms with Crippen LogP contribution in [0.5, 0.6) is 0 Å². The molecular formula is C10H22N2O2. The second-order valence-electron chi connectivity index (χ2n) is 3.58. The van der Waals surface area contributed by atoms with E-state index in [4.69, 9.17) is 4.74 Å². The van der Waals surface area contributed by atoms with Crippen LogP contribution < -0.4 is 10.6 Å². The SMILES string of the molecule is CCNC(=O)NCCOCCC(C)C. The lowest BCUT2D eigenvalue weighted by Crippen LogP contribution is -2.37. The molecule has 0 unspecified atom stereocenters. The van der Waals surface area contributed by atoms with Crippen LogP contribution in [0.4, 0.5) is 4.79 Å². The summed E-state index contributed by atoms with van der Waals surface area (Å²) in [7, 11) is 0. The fourth-order valence-corrected chi connectivity index (χ4v) is 0.881. The van der Waals surface area contributed by atoms with E-state index in [0.717, 1.165) is 13.0 Å². The van der Waals surface area contributed by atoms with Crippen molar-refractivity contribution in [1.29, 1.82) is 0 Å². The van der Waals surface area contributed by atoms with E-state index in [1.54, 1.807) is 0 Å². The Kier molecular flexibility index (Phi) is 8.33. The Morgan fingerprint density at radius 3 is 2.57 bits per heavy atom. The first-order valence-corrected chi connectivity index (χ1v) is 5.26. The van der Waals surface area contributed by atoms with E-state index in [0.29, 0.717) is 25.6 Å². The molecule has 0 fully saturated rings. The van der Waals surface area contributed by atoms with Gasteiger partial charge in [0, 0.05) is 19.7 Å². The average molecular weight is 202 g/mol. The highest BCUT2D eigenvalue weighted by Gasteiger charge is 1.96. The van der Waals surface area contributed by atoms with E-state index in [1.807, 2.05) is 6.92 Å². The minimum Gasteiger partial charge on any atom is -0.380 e. The van der Waals surface area contributed by atoms with Crippen molar-refractivity contribution in [3.05, 3.63) is 0 Å². The van der Waals surface area contributed by atoms with Crippen molar-refractivity contribution in [2.45, 2.75) is 27.2 Å². The normalized spacial score (nSPS) is 10.3. The van der Waals surface area contributed by atoms with Crippen LogP contribution in [0.3, 0.4) is 0 Å². The third kappa shape index (κ3) is 9.32. The summed E-state index contributed by atoms with van der Waals surface area (Å²) in [5.74, 6) is 0.673. The summed E-state index contributed by atoms with van der Waals surface area (Å²) in [5, 5.41) is 5.35. The Balaban J connectivity index is 3.09. The third-order valence-corrected chi connectivity index (χ3v) is 1.71. The molecule has 2 amide bonds. The summed E-state index contributed by atoms with van der Waals surface area (Å²) in [5.41, 5.74) is 0. The number of nitrogens with one attached hydrogen (secondary N) is 2. The minimum atomic E-state index is -0.125. The fourth-order valence-electron chi connectivity index (χ4n) is 0.881. The van der Waals surface area contributed by atoms with Gasteiger partial charge in [0.15, 0.2) is 0 Å². The summed E-state index contributed by atoms with van der Waals surface area (Å²) in [6, 6.07) is -0.125. The number of carbonyl (C=O) groups is 1. The molecule has 0 rings (SSSR count). The monoisotopic (exact) mass is 202 g/mol. The third-order valence-electron chi connectivity index (χ3n) is 1.71. The van der Waals surface area contributed by atoms with Gasteiger partial charge in [0.05, 0.1) is 6.61 Å². The van der Waals surface area contributed by atoms with Crippen LogP contribution >= 0.6 is 0 Å².